The molecule has 152 valence electrons. The second-order valence-electron chi connectivity index (χ2n) is 7.07. The molecule has 0 bridgehead atoms. The normalized spacial score (nSPS) is 11.1. The topological polar surface area (TPSA) is 42.2 Å². The predicted molar refractivity (Wildman–Crippen MR) is 131 cm³/mol. The molecule has 3 nitrogen and oxygen atoms in total. The summed E-state index contributed by atoms with van der Waals surface area (Å²) in [5.74, 6) is 1.41. The van der Waals surface area contributed by atoms with Gasteiger partial charge in [0.15, 0.2) is 11.5 Å². The molecule has 0 aromatic heterocycles. The van der Waals surface area contributed by atoms with E-state index >= 15 is 0 Å². The molecular weight excluding hydrogens is 485 g/mol. The Labute approximate surface area is 192 Å². The van der Waals surface area contributed by atoms with Crippen LogP contribution in [0.3, 0.4) is 0 Å². The van der Waals surface area contributed by atoms with E-state index in [4.69, 9.17) is 9.47 Å². The van der Waals surface area contributed by atoms with Crippen molar-refractivity contribution < 1.29 is 9.47 Å². The molecule has 0 saturated heterocycles. The lowest BCUT2D eigenvalue weighted by Crippen LogP contribution is -2.02. The lowest BCUT2D eigenvalue weighted by molar-refractivity contribution is 0.267. The Kier molecular flexibility index (Phi) is 7.53. The molecule has 0 N–H and O–H groups in total. The van der Waals surface area contributed by atoms with Gasteiger partial charge in [0.2, 0.25) is 0 Å². The van der Waals surface area contributed by atoms with E-state index < -0.39 is 0 Å². The maximum absolute atomic E-state index is 9.66. The third-order valence-electron chi connectivity index (χ3n) is 4.63. The van der Waals surface area contributed by atoms with Gasteiger partial charge in [0.1, 0.15) is 6.61 Å². The number of allylic oxidation sites excluding steroid dienone is 1. The standard InChI is InChI=1S/C26H24INO2/c1-4-29-25-15-21(13-23(16-28)22-11-7-19(3)8-12-22)14-24(27)26(25)30-17-20-9-5-18(2)6-10-20/h5-15H,4,17H2,1-3H3/b23-13-. The predicted octanol–water partition coefficient (Wildman–Crippen LogP) is 6.95. The van der Waals surface area contributed by atoms with E-state index in [1.54, 1.807) is 0 Å². The largest absolute Gasteiger partial charge is 0.490 e. The summed E-state index contributed by atoms with van der Waals surface area (Å²) >= 11 is 2.26. The van der Waals surface area contributed by atoms with Gasteiger partial charge in [0.05, 0.1) is 21.8 Å². The Morgan fingerprint density at radius 3 is 2.20 bits per heavy atom. The molecule has 4 heteroatoms. The van der Waals surface area contributed by atoms with Crippen LogP contribution in [-0.4, -0.2) is 6.61 Å². The number of ether oxygens (including phenoxy) is 2. The van der Waals surface area contributed by atoms with Crippen LogP contribution in [0.2, 0.25) is 0 Å². The summed E-state index contributed by atoms with van der Waals surface area (Å²) in [5.41, 5.74) is 5.91. The number of rotatable bonds is 7. The quantitative estimate of drug-likeness (QED) is 0.197. The first-order chi connectivity index (χ1) is 14.5. The Balaban J connectivity index is 1.90. The average Bonchev–Trinajstić information content (AvgIpc) is 2.73. The second kappa shape index (κ2) is 10.3. The SMILES string of the molecule is CCOc1cc(/C=C(/C#N)c2ccc(C)cc2)cc(I)c1OCc1ccc(C)cc1. The van der Waals surface area contributed by atoms with Crippen LogP contribution >= 0.6 is 22.6 Å². The first-order valence-electron chi connectivity index (χ1n) is 9.83. The fourth-order valence-corrected chi connectivity index (χ4v) is 3.78. The van der Waals surface area contributed by atoms with Crippen LogP contribution in [0.5, 0.6) is 11.5 Å². The molecule has 0 heterocycles. The van der Waals surface area contributed by atoms with Crippen LogP contribution in [0.15, 0.2) is 60.7 Å². The van der Waals surface area contributed by atoms with Crippen molar-refractivity contribution in [3.63, 3.8) is 0 Å². The molecule has 0 saturated carbocycles. The van der Waals surface area contributed by atoms with Crippen LogP contribution in [0.1, 0.15) is 34.7 Å². The summed E-state index contributed by atoms with van der Waals surface area (Å²) in [5, 5.41) is 9.66. The maximum atomic E-state index is 9.66. The zero-order chi connectivity index (χ0) is 21.5. The third-order valence-corrected chi connectivity index (χ3v) is 5.43. The number of nitriles is 1. The fourth-order valence-electron chi connectivity index (χ4n) is 2.99. The molecule has 30 heavy (non-hydrogen) atoms. The monoisotopic (exact) mass is 509 g/mol. The fraction of sp³-hybridized carbons (Fsp3) is 0.192. The van der Waals surface area contributed by atoms with E-state index in [1.807, 2.05) is 56.3 Å². The average molecular weight is 509 g/mol. The number of halogens is 1. The number of nitrogens with zero attached hydrogens (tertiary/aromatic N) is 1. The van der Waals surface area contributed by atoms with Gasteiger partial charge in [0, 0.05) is 0 Å². The van der Waals surface area contributed by atoms with Gasteiger partial charge in [0.25, 0.3) is 0 Å². The molecule has 3 rings (SSSR count). The van der Waals surface area contributed by atoms with Crippen molar-refractivity contribution in [1.29, 1.82) is 5.26 Å². The number of aryl methyl sites for hydroxylation is 2. The zero-order valence-corrected chi connectivity index (χ0v) is 19.6. The maximum Gasteiger partial charge on any atom is 0.175 e. The van der Waals surface area contributed by atoms with Gasteiger partial charge in [-0.15, -0.1) is 0 Å². The molecule has 3 aromatic carbocycles. The van der Waals surface area contributed by atoms with Gasteiger partial charge in [-0.3, -0.25) is 0 Å². The van der Waals surface area contributed by atoms with Crippen molar-refractivity contribution in [2.75, 3.05) is 6.61 Å². The van der Waals surface area contributed by atoms with Crippen molar-refractivity contribution in [2.24, 2.45) is 0 Å². The highest BCUT2D eigenvalue weighted by Gasteiger charge is 2.13. The molecule has 0 spiro atoms. The van der Waals surface area contributed by atoms with Crippen molar-refractivity contribution in [1.82, 2.24) is 0 Å². The molecule has 0 amide bonds. The molecule has 0 radical (unpaired) electrons. The summed E-state index contributed by atoms with van der Waals surface area (Å²) < 4.78 is 12.9. The lowest BCUT2D eigenvalue weighted by atomic mass is 10.0. The second-order valence-corrected chi connectivity index (χ2v) is 8.24. The minimum Gasteiger partial charge on any atom is -0.490 e. The molecule has 0 aliphatic rings. The molecule has 3 aromatic rings. The van der Waals surface area contributed by atoms with Gasteiger partial charge in [-0.25, -0.2) is 0 Å². The van der Waals surface area contributed by atoms with Crippen LogP contribution < -0.4 is 9.47 Å². The first-order valence-corrected chi connectivity index (χ1v) is 10.9. The van der Waals surface area contributed by atoms with E-state index in [1.165, 1.54) is 11.1 Å². The molecular formula is C26H24INO2. The van der Waals surface area contributed by atoms with Crippen LogP contribution in [0, 0.1) is 28.7 Å². The summed E-state index contributed by atoms with van der Waals surface area (Å²) in [6, 6.07) is 22.5. The van der Waals surface area contributed by atoms with Crippen molar-refractivity contribution >= 4 is 34.2 Å². The summed E-state index contributed by atoms with van der Waals surface area (Å²) in [7, 11) is 0. The highest BCUT2D eigenvalue weighted by atomic mass is 127. The Morgan fingerprint density at radius 2 is 1.60 bits per heavy atom. The molecule has 0 fully saturated rings. The first kappa shape index (κ1) is 21.9. The number of benzene rings is 3. The number of hydrogen-bond acceptors (Lipinski definition) is 3. The lowest BCUT2D eigenvalue weighted by Gasteiger charge is -2.15. The molecule has 0 atom stereocenters. The molecule has 0 unspecified atom stereocenters. The van der Waals surface area contributed by atoms with E-state index in [0.717, 1.165) is 26.0 Å². The van der Waals surface area contributed by atoms with Crippen LogP contribution in [0.25, 0.3) is 11.6 Å². The summed E-state index contributed by atoms with van der Waals surface area (Å²) in [4.78, 5) is 0. The van der Waals surface area contributed by atoms with E-state index in [9.17, 15) is 5.26 Å². The Morgan fingerprint density at radius 1 is 0.967 bits per heavy atom. The highest BCUT2D eigenvalue weighted by molar-refractivity contribution is 14.1. The van der Waals surface area contributed by atoms with Gasteiger partial charge < -0.3 is 9.47 Å². The minimum absolute atomic E-state index is 0.471. The van der Waals surface area contributed by atoms with Gasteiger partial charge in [-0.2, -0.15) is 5.26 Å². The van der Waals surface area contributed by atoms with Crippen molar-refractivity contribution in [3.05, 3.63) is 92.1 Å². The van der Waals surface area contributed by atoms with Crippen molar-refractivity contribution in [3.8, 4) is 17.6 Å². The Hall–Kier alpha value is -2.78. The van der Waals surface area contributed by atoms with Gasteiger partial charge in [-0.1, -0.05) is 59.7 Å². The minimum atomic E-state index is 0.471. The molecule has 0 aliphatic carbocycles. The van der Waals surface area contributed by atoms with Gasteiger partial charge >= 0.3 is 0 Å². The van der Waals surface area contributed by atoms with Crippen molar-refractivity contribution in [2.45, 2.75) is 27.4 Å². The molecule has 0 aliphatic heterocycles. The van der Waals surface area contributed by atoms with Gasteiger partial charge in [-0.05, 0) is 78.3 Å². The third kappa shape index (κ3) is 5.64. The van der Waals surface area contributed by atoms with Crippen LogP contribution in [0.4, 0.5) is 0 Å². The highest BCUT2D eigenvalue weighted by Crippen LogP contribution is 2.36. The summed E-state index contributed by atoms with van der Waals surface area (Å²) in [6.07, 6.45) is 1.89. The van der Waals surface area contributed by atoms with E-state index in [0.29, 0.717) is 24.5 Å². The van der Waals surface area contributed by atoms with Crippen LogP contribution in [-0.2, 0) is 6.61 Å². The zero-order valence-electron chi connectivity index (χ0n) is 17.4. The van der Waals surface area contributed by atoms with E-state index in [2.05, 4.69) is 59.8 Å². The smallest absolute Gasteiger partial charge is 0.175 e. The summed E-state index contributed by atoms with van der Waals surface area (Å²) in [6.45, 7) is 7.06. The van der Waals surface area contributed by atoms with E-state index in [-0.39, 0.29) is 0 Å². The number of hydrogen-bond donors (Lipinski definition) is 0. The Bertz CT molecular complexity index is 1080.